The van der Waals surface area contributed by atoms with Crippen LogP contribution in [0.1, 0.15) is 83.6 Å². The van der Waals surface area contributed by atoms with Crippen molar-refractivity contribution in [2.45, 2.75) is 94.7 Å². The summed E-state index contributed by atoms with van der Waals surface area (Å²) in [6.45, 7) is 10.3. The van der Waals surface area contributed by atoms with Crippen LogP contribution >= 0.6 is 23.2 Å². The zero-order valence-corrected chi connectivity index (χ0v) is 56.5. The zero-order valence-electron chi connectivity index (χ0n) is 55.0. The number of pyridine rings is 2. The summed E-state index contributed by atoms with van der Waals surface area (Å²) < 4.78 is 18.2. The fourth-order valence-electron chi connectivity index (χ4n) is 11.5. The molecule has 10 aromatic rings. The van der Waals surface area contributed by atoms with E-state index in [4.69, 9.17) is 37.4 Å². The van der Waals surface area contributed by atoms with E-state index in [9.17, 15) is 4.79 Å². The van der Waals surface area contributed by atoms with Crippen molar-refractivity contribution in [1.29, 1.82) is 0 Å². The number of carbonyl (C=O) groups is 3. The molecular formula is C81H86Cl2N6O6. The molecule has 0 fully saturated rings. The lowest BCUT2D eigenvalue weighted by Crippen LogP contribution is -2.61. The van der Waals surface area contributed by atoms with Gasteiger partial charge in [-0.25, -0.2) is 0 Å². The molecule has 0 radical (unpaired) electrons. The minimum atomic E-state index is -1.13. The topological polar surface area (TPSA) is 144 Å². The minimum absolute atomic E-state index is 0.00184. The summed E-state index contributed by atoms with van der Waals surface area (Å²) in [6, 6.07) is 85.4. The molecule has 0 bridgehead atoms. The standard InChI is InChI=1S/C54H53N3O4.C26H31N3O2.CH2Cl2/c1-53(2,43-23-11-5-12-24-43)40-56-51(58)49(37-41-32-34-48(35-33-41)60-39-47-31-19-20-36-55-47)57(3)50(52(59)61-38-42-21-9-4-10-22-42)54(44-25-13-6-14-26-44,45-27-15-7-16-28-45)46-29-17-8-18-30-46;1-26(2,21-9-5-4-6-10-21)19-29-25(30)24(27-3)17-20-12-14-23(15-13-20)31-18-22-11-7-8-16-28-22;2-1-3/h4-36,49-50H,37-40H2,1-3H3,(H,56,58);4-16,24,27H,17-19H2,1-3H3,(H,29,30);1H2. The van der Waals surface area contributed by atoms with Gasteiger partial charge in [0, 0.05) is 36.3 Å². The highest BCUT2D eigenvalue weighted by Crippen LogP contribution is 2.45. The van der Waals surface area contributed by atoms with Crippen molar-refractivity contribution < 1.29 is 28.6 Å². The number of nitrogens with zero attached hydrogens (tertiary/aromatic N) is 3. The van der Waals surface area contributed by atoms with Crippen LogP contribution in [0, 0.1) is 0 Å². The SMILES string of the molecule is CN(C(Cc1ccc(OCc2ccccn2)cc1)C(=O)NCC(C)(C)c1ccccc1)C(C(=O)OCc1ccccc1)C(c1ccccc1)(c1ccccc1)c1ccccc1.CNC(Cc1ccc(OCc2ccccn2)cc1)C(=O)NCC(C)(C)c1ccccc1.ClCCl. The number of rotatable bonds is 28. The highest BCUT2D eigenvalue weighted by atomic mass is 35.5. The third-order valence-electron chi connectivity index (χ3n) is 16.9. The van der Waals surface area contributed by atoms with E-state index in [1.807, 2.05) is 225 Å². The fourth-order valence-corrected chi connectivity index (χ4v) is 11.5. The van der Waals surface area contributed by atoms with Gasteiger partial charge in [0.05, 0.1) is 34.2 Å². The quantitative estimate of drug-likeness (QED) is 0.0246. The number of esters is 1. The molecule has 0 aliphatic carbocycles. The average Bonchev–Trinajstić information content (AvgIpc) is 0.726. The van der Waals surface area contributed by atoms with Gasteiger partial charge in [-0.05, 0) is 120 Å². The second-order valence-electron chi connectivity index (χ2n) is 24.4. The summed E-state index contributed by atoms with van der Waals surface area (Å²) in [5.74, 6) is 0.813. The molecule has 0 aliphatic heterocycles. The van der Waals surface area contributed by atoms with Gasteiger partial charge in [-0.2, -0.15) is 0 Å². The van der Waals surface area contributed by atoms with Gasteiger partial charge in [0.2, 0.25) is 11.8 Å². The number of nitrogens with one attached hydrogen (secondary N) is 3. The van der Waals surface area contributed by atoms with Crippen LogP contribution in [0.3, 0.4) is 0 Å². The molecule has 14 heteroatoms. The summed E-state index contributed by atoms with van der Waals surface area (Å²) in [7, 11) is 3.70. The van der Waals surface area contributed by atoms with E-state index in [-0.39, 0.29) is 40.6 Å². The van der Waals surface area contributed by atoms with Crippen molar-refractivity contribution in [1.82, 2.24) is 30.8 Å². The van der Waals surface area contributed by atoms with Crippen LogP contribution < -0.4 is 25.4 Å². The molecule has 10 rings (SSSR count). The summed E-state index contributed by atoms with van der Waals surface area (Å²) >= 11 is 9.53. The third kappa shape index (κ3) is 20.5. The first-order valence-corrected chi connectivity index (χ1v) is 33.0. The Balaban J connectivity index is 0.000000284. The van der Waals surface area contributed by atoms with Crippen LogP contribution in [-0.2, 0) is 68.0 Å². The molecule has 2 heterocycles. The Morgan fingerprint density at radius 2 is 0.800 bits per heavy atom. The Morgan fingerprint density at radius 1 is 0.442 bits per heavy atom. The Labute approximate surface area is 571 Å². The normalized spacial score (nSPS) is 12.3. The number of hydrogen-bond acceptors (Lipinski definition) is 10. The van der Waals surface area contributed by atoms with Crippen LogP contribution in [0.2, 0.25) is 0 Å². The number of halogens is 2. The van der Waals surface area contributed by atoms with Crippen LogP contribution in [0.4, 0.5) is 0 Å². The predicted octanol–water partition coefficient (Wildman–Crippen LogP) is 15.1. The lowest BCUT2D eigenvalue weighted by atomic mass is 9.64. The van der Waals surface area contributed by atoms with Gasteiger partial charge < -0.3 is 30.2 Å². The highest BCUT2D eigenvalue weighted by Gasteiger charge is 2.52. The number of alkyl halides is 2. The summed E-state index contributed by atoms with van der Waals surface area (Å²) in [5, 5.41) is 9.77. The van der Waals surface area contributed by atoms with E-state index < -0.39 is 23.5 Å². The van der Waals surface area contributed by atoms with E-state index in [0.29, 0.717) is 44.9 Å². The van der Waals surface area contributed by atoms with Crippen molar-refractivity contribution in [2.75, 3.05) is 32.5 Å². The van der Waals surface area contributed by atoms with Crippen LogP contribution in [0.5, 0.6) is 11.5 Å². The van der Waals surface area contributed by atoms with Gasteiger partial charge in [0.1, 0.15) is 37.4 Å². The molecule has 3 unspecified atom stereocenters. The van der Waals surface area contributed by atoms with Crippen molar-refractivity contribution in [3.8, 4) is 11.5 Å². The lowest BCUT2D eigenvalue weighted by molar-refractivity contribution is -0.154. The predicted molar refractivity (Wildman–Crippen MR) is 383 cm³/mol. The van der Waals surface area contributed by atoms with Gasteiger partial charge in [-0.3, -0.25) is 29.3 Å². The monoisotopic (exact) mass is 1310 g/mol. The van der Waals surface area contributed by atoms with Gasteiger partial charge >= 0.3 is 5.97 Å². The smallest absolute Gasteiger partial charge is 0.325 e. The molecular weight excluding hydrogens is 1220 g/mol. The van der Waals surface area contributed by atoms with Crippen molar-refractivity contribution in [3.05, 3.63) is 335 Å². The first-order chi connectivity index (χ1) is 46.1. The molecule has 490 valence electrons. The van der Waals surface area contributed by atoms with E-state index in [0.717, 1.165) is 56.1 Å². The Kier molecular flexibility index (Phi) is 27.3. The molecule has 0 spiro atoms. The molecule has 0 aliphatic rings. The van der Waals surface area contributed by atoms with Crippen LogP contribution in [0.25, 0.3) is 0 Å². The molecule has 0 saturated heterocycles. The lowest BCUT2D eigenvalue weighted by Gasteiger charge is -2.47. The Hall–Kier alpha value is -9.43. The van der Waals surface area contributed by atoms with Crippen LogP contribution in [-0.4, -0.2) is 83.3 Å². The van der Waals surface area contributed by atoms with Crippen molar-refractivity contribution >= 4 is 41.0 Å². The van der Waals surface area contributed by atoms with E-state index in [1.165, 1.54) is 5.56 Å². The number of amides is 2. The highest BCUT2D eigenvalue weighted by molar-refractivity contribution is 6.40. The van der Waals surface area contributed by atoms with Gasteiger partial charge in [0.15, 0.2) is 0 Å². The summed E-state index contributed by atoms with van der Waals surface area (Å²) in [5.41, 5.74) is 7.90. The molecule has 0 saturated carbocycles. The zero-order chi connectivity index (χ0) is 67.3. The largest absolute Gasteiger partial charge is 0.487 e. The molecule has 8 aromatic carbocycles. The first-order valence-electron chi connectivity index (χ1n) is 31.9. The van der Waals surface area contributed by atoms with Gasteiger partial charge in [-0.15, -0.1) is 23.2 Å². The molecule has 3 atom stereocenters. The van der Waals surface area contributed by atoms with Gasteiger partial charge in [0.25, 0.3) is 0 Å². The van der Waals surface area contributed by atoms with Crippen LogP contribution in [0.15, 0.2) is 279 Å². The number of likely N-dealkylation sites (N-methyl/N-ethyl adjacent to an activating group) is 2. The number of aromatic nitrogens is 2. The first kappa shape index (κ1) is 71.4. The second kappa shape index (κ2) is 36.3. The Bertz CT molecular complexity index is 3750. The maximum atomic E-state index is 15.4. The van der Waals surface area contributed by atoms with Crippen molar-refractivity contribution in [2.24, 2.45) is 0 Å². The molecule has 2 aromatic heterocycles. The van der Waals surface area contributed by atoms with E-state index in [1.54, 1.807) is 12.4 Å². The molecule has 12 nitrogen and oxygen atoms in total. The number of ether oxygens (including phenoxy) is 3. The number of benzene rings is 8. The molecule has 2 amide bonds. The number of carbonyl (C=O) groups excluding carboxylic acids is 3. The summed E-state index contributed by atoms with van der Waals surface area (Å²) in [6.07, 6.45) is 4.41. The molecule has 3 N–H and O–H groups in total. The maximum absolute atomic E-state index is 15.4. The third-order valence-corrected chi connectivity index (χ3v) is 16.9. The second-order valence-corrected chi connectivity index (χ2v) is 25.2. The molecule has 95 heavy (non-hydrogen) atoms. The van der Waals surface area contributed by atoms with E-state index in [2.05, 4.69) is 114 Å². The minimum Gasteiger partial charge on any atom is -0.487 e. The number of hydrogen-bond donors (Lipinski definition) is 3. The Morgan fingerprint density at radius 3 is 1.18 bits per heavy atom. The maximum Gasteiger partial charge on any atom is 0.325 e. The van der Waals surface area contributed by atoms with Gasteiger partial charge in [-0.1, -0.05) is 246 Å². The average molecular weight is 1310 g/mol. The fraction of sp³-hybridized carbons (Fsp3) is 0.247. The van der Waals surface area contributed by atoms with E-state index >= 15 is 9.59 Å². The summed E-state index contributed by atoms with van der Waals surface area (Å²) in [4.78, 5) is 53.9. The van der Waals surface area contributed by atoms with Crippen molar-refractivity contribution in [3.63, 3.8) is 0 Å².